The summed E-state index contributed by atoms with van der Waals surface area (Å²) in [7, 11) is 0. The molecule has 0 atom stereocenters. The second-order valence-electron chi connectivity index (χ2n) is 4.32. The van der Waals surface area contributed by atoms with Crippen molar-refractivity contribution in [2.24, 2.45) is 0 Å². The number of Topliss-reactive ketones (excluding diaryl/α,β-unsaturated/α-hetero) is 1. The van der Waals surface area contributed by atoms with E-state index in [9.17, 15) is 4.79 Å². The first-order chi connectivity index (χ1) is 7.81. The lowest BCUT2D eigenvalue weighted by Crippen LogP contribution is -1.98. The molecule has 0 rings (SSSR count). The summed E-state index contributed by atoms with van der Waals surface area (Å²) in [5, 5.41) is 1.15. The third kappa shape index (κ3) is 12.6. The Morgan fingerprint density at radius 1 is 0.812 bits per heavy atom. The smallest absolute Gasteiger partial charge is 0.142 e. The molecule has 16 heavy (non-hydrogen) atoms. The SMILES string of the molecule is O=C(CS)CCCCCCCCCCCBr. The van der Waals surface area contributed by atoms with E-state index < -0.39 is 0 Å². The highest BCUT2D eigenvalue weighted by molar-refractivity contribution is 9.09. The van der Waals surface area contributed by atoms with Crippen LogP contribution in [0.4, 0.5) is 0 Å². The molecule has 0 N–H and O–H groups in total. The number of unbranched alkanes of at least 4 members (excludes halogenated alkanes) is 8. The van der Waals surface area contributed by atoms with E-state index in [4.69, 9.17) is 0 Å². The Balaban J connectivity index is 2.96. The van der Waals surface area contributed by atoms with E-state index in [0.29, 0.717) is 5.75 Å². The highest BCUT2D eigenvalue weighted by atomic mass is 79.9. The summed E-state index contributed by atoms with van der Waals surface area (Å²) in [6.45, 7) is 0. The van der Waals surface area contributed by atoms with Crippen LogP contribution in [0.5, 0.6) is 0 Å². The van der Waals surface area contributed by atoms with Crippen molar-refractivity contribution in [3.63, 3.8) is 0 Å². The lowest BCUT2D eigenvalue weighted by atomic mass is 10.1. The quantitative estimate of drug-likeness (QED) is 0.312. The molecule has 0 radical (unpaired) electrons. The van der Waals surface area contributed by atoms with Crippen molar-refractivity contribution in [1.29, 1.82) is 0 Å². The van der Waals surface area contributed by atoms with Gasteiger partial charge in [0.25, 0.3) is 0 Å². The molecular weight excluding hydrogens is 284 g/mol. The van der Waals surface area contributed by atoms with Gasteiger partial charge in [0.1, 0.15) is 5.78 Å². The van der Waals surface area contributed by atoms with Crippen LogP contribution in [0, 0.1) is 0 Å². The molecule has 0 bridgehead atoms. The Bertz CT molecular complexity index is 162. The summed E-state index contributed by atoms with van der Waals surface area (Å²) in [4.78, 5) is 11.0. The van der Waals surface area contributed by atoms with Crippen molar-refractivity contribution in [1.82, 2.24) is 0 Å². The van der Waals surface area contributed by atoms with Gasteiger partial charge in [-0.05, 0) is 12.8 Å². The maximum Gasteiger partial charge on any atom is 0.142 e. The Hall–Kier alpha value is 0.500. The van der Waals surface area contributed by atoms with E-state index in [1.165, 1.54) is 51.4 Å². The third-order valence-electron chi connectivity index (χ3n) is 2.77. The van der Waals surface area contributed by atoms with Gasteiger partial charge >= 0.3 is 0 Å². The molecule has 0 aliphatic carbocycles. The molecule has 0 aromatic rings. The molecule has 0 heterocycles. The van der Waals surface area contributed by atoms with Crippen LogP contribution in [0.1, 0.15) is 64.2 Å². The van der Waals surface area contributed by atoms with Crippen LogP contribution >= 0.6 is 28.6 Å². The average Bonchev–Trinajstić information content (AvgIpc) is 2.31. The van der Waals surface area contributed by atoms with Crippen molar-refractivity contribution < 1.29 is 4.79 Å². The highest BCUT2D eigenvalue weighted by Gasteiger charge is 1.98. The zero-order chi connectivity index (χ0) is 12.1. The minimum Gasteiger partial charge on any atom is -0.299 e. The lowest BCUT2D eigenvalue weighted by molar-refractivity contribution is -0.116. The van der Waals surface area contributed by atoms with Gasteiger partial charge in [-0.3, -0.25) is 4.79 Å². The molecule has 0 saturated heterocycles. The lowest BCUT2D eigenvalue weighted by Gasteiger charge is -2.01. The predicted octanol–water partition coefficient (Wildman–Crippen LogP) is 4.78. The number of carbonyl (C=O) groups excluding carboxylic acids is 1. The molecule has 0 amide bonds. The highest BCUT2D eigenvalue weighted by Crippen LogP contribution is 2.11. The second-order valence-corrected chi connectivity index (χ2v) is 5.43. The summed E-state index contributed by atoms with van der Waals surface area (Å²) in [6, 6.07) is 0. The van der Waals surface area contributed by atoms with Crippen molar-refractivity contribution in [3.8, 4) is 0 Å². The maximum absolute atomic E-state index is 11.0. The maximum atomic E-state index is 11.0. The minimum atomic E-state index is 0.290. The second kappa shape index (κ2) is 13.6. The number of hydrogen-bond donors (Lipinski definition) is 1. The van der Waals surface area contributed by atoms with E-state index in [2.05, 4.69) is 28.6 Å². The number of thiol groups is 1. The number of hydrogen-bond acceptors (Lipinski definition) is 2. The first kappa shape index (κ1) is 16.5. The average molecular weight is 309 g/mol. The zero-order valence-corrected chi connectivity index (χ0v) is 12.7. The van der Waals surface area contributed by atoms with Crippen LogP contribution in [0.15, 0.2) is 0 Å². The van der Waals surface area contributed by atoms with Gasteiger partial charge in [0, 0.05) is 17.5 Å². The van der Waals surface area contributed by atoms with E-state index >= 15 is 0 Å². The summed E-state index contributed by atoms with van der Waals surface area (Å²) in [6.07, 6.45) is 12.4. The first-order valence-electron chi connectivity index (χ1n) is 6.49. The van der Waals surface area contributed by atoms with Crippen molar-refractivity contribution >= 4 is 34.3 Å². The van der Waals surface area contributed by atoms with Crippen molar-refractivity contribution in [2.75, 3.05) is 11.1 Å². The molecule has 0 fully saturated rings. The van der Waals surface area contributed by atoms with Crippen LogP contribution in [0.25, 0.3) is 0 Å². The molecule has 0 spiro atoms. The Labute approximate surface area is 114 Å². The molecule has 1 nitrogen and oxygen atoms in total. The van der Waals surface area contributed by atoms with Crippen molar-refractivity contribution in [2.45, 2.75) is 64.2 Å². The van der Waals surface area contributed by atoms with Gasteiger partial charge in [-0.25, -0.2) is 0 Å². The Morgan fingerprint density at radius 3 is 1.69 bits per heavy atom. The third-order valence-corrected chi connectivity index (χ3v) is 3.68. The molecule has 0 aliphatic heterocycles. The number of alkyl halides is 1. The van der Waals surface area contributed by atoms with Gasteiger partial charge in [-0.1, -0.05) is 60.9 Å². The fourth-order valence-electron chi connectivity index (χ4n) is 1.73. The summed E-state index contributed by atoms with van der Waals surface area (Å²) < 4.78 is 0. The molecule has 96 valence electrons. The molecule has 0 saturated carbocycles. The van der Waals surface area contributed by atoms with Crippen LogP contribution < -0.4 is 0 Å². The van der Waals surface area contributed by atoms with Gasteiger partial charge in [0.2, 0.25) is 0 Å². The van der Waals surface area contributed by atoms with E-state index in [1.54, 1.807) is 0 Å². The number of carbonyl (C=O) groups is 1. The summed E-state index contributed by atoms with van der Waals surface area (Å²) in [5.74, 6) is 0.700. The normalized spacial score (nSPS) is 10.6. The van der Waals surface area contributed by atoms with Gasteiger partial charge < -0.3 is 0 Å². The zero-order valence-electron chi connectivity index (χ0n) is 10.2. The van der Waals surface area contributed by atoms with Crippen LogP contribution in [0.3, 0.4) is 0 Å². The van der Waals surface area contributed by atoms with Crippen molar-refractivity contribution in [3.05, 3.63) is 0 Å². The monoisotopic (exact) mass is 308 g/mol. The topological polar surface area (TPSA) is 17.1 Å². The number of ketones is 1. The fraction of sp³-hybridized carbons (Fsp3) is 0.923. The molecule has 0 aromatic carbocycles. The van der Waals surface area contributed by atoms with Gasteiger partial charge in [0.15, 0.2) is 0 Å². The first-order valence-corrected chi connectivity index (χ1v) is 8.25. The van der Waals surface area contributed by atoms with E-state index in [-0.39, 0.29) is 5.78 Å². The predicted molar refractivity (Wildman–Crippen MR) is 78.8 cm³/mol. The number of halogens is 1. The Morgan fingerprint density at radius 2 is 1.25 bits per heavy atom. The van der Waals surface area contributed by atoms with Crippen LogP contribution in [-0.4, -0.2) is 16.9 Å². The fourth-order valence-corrected chi connectivity index (χ4v) is 2.29. The molecule has 0 unspecified atom stereocenters. The van der Waals surface area contributed by atoms with E-state index in [1.807, 2.05) is 0 Å². The molecular formula is C13H25BrOS. The Kier molecular flexibility index (Phi) is 14.0. The minimum absolute atomic E-state index is 0.290. The van der Waals surface area contributed by atoms with Gasteiger partial charge in [-0.2, -0.15) is 12.6 Å². The molecule has 0 aliphatic rings. The number of rotatable bonds is 12. The van der Waals surface area contributed by atoms with E-state index in [0.717, 1.165) is 18.2 Å². The van der Waals surface area contributed by atoms with Gasteiger partial charge in [0.05, 0.1) is 0 Å². The molecule has 0 aromatic heterocycles. The van der Waals surface area contributed by atoms with Crippen LogP contribution in [-0.2, 0) is 4.79 Å². The van der Waals surface area contributed by atoms with Crippen LogP contribution in [0.2, 0.25) is 0 Å². The summed E-state index contributed by atoms with van der Waals surface area (Å²) >= 11 is 7.41. The largest absolute Gasteiger partial charge is 0.299 e. The van der Waals surface area contributed by atoms with Gasteiger partial charge in [-0.15, -0.1) is 0 Å². The molecule has 3 heteroatoms. The standard InChI is InChI=1S/C13H25BrOS/c14-11-9-7-5-3-1-2-4-6-8-10-13(15)12-16/h16H,1-12H2. The summed E-state index contributed by atoms with van der Waals surface area (Å²) in [5.41, 5.74) is 0.